The highest BCUT2D eigenvalue weighted by molar-refractivity contribution is 6.30. The Bertz CT molecular complexity index is 385. The minimum Gasteiger partial charge on any atom is -0.391 e. The van der Waals surface area contributed by atoms with Gasteiger partial charge in [-0.25, -0.2) is 4.39 Å². The summed E-state index contributed by atoms with van der Waals surface area (Å²) in [6.45, 7) is 0. The molecule has 2 nitrogen and oxygen atoms in total. The van der Waals surface area contributed by atoms with Crippen LogP contribution in [0.15, 0.2) is 18.2 Å². The van der Waals surface area contributed by atoms with Crippen LogP contribution in [0.25, 0.3) is 0 Å². The lowest BCUT2D eigenvalue weighted by molar-refractivity contribution is 0.0405. The van der Waals surface area contributed by atoms with Gasteiger partial charge in [-0.3, -0.25) is 0 Å². The van der Waals surface area contributed by atoms with E-state index >= 15 is 0 Å². The number of benzene rings is 1. The molecule has 0 spiro atoms. The molecule has 2 rings (SSSR count). The average molecular weight is 280 g/mol. The SMILES string of the molecule is Cl.N[C@H](c1ccc(Cl)cc1F)[C@@H](O)C1CCC1. The lowest BCUT2D eigenvalue weighted by Crippen LogP contribution is -2.36. The van der Waals surface area contributed by atoms with E-state index in [9.17, 15) is 9.50 Å². The van der Waals surface area contributed by atoms with E-state index in [1.54, 1.807) is 12.1 Å². The number of aliphatic hydroxyl groups is 1. The quantitative estimate of drug-likeness (QED) is 0.893. The van der Waals surface area contributed by atoms with Crippen LogP contribution in [0.3, 0.4) is 0 Å². The van der Waals surface area contributed by atoms with Crippen LogP contribution < -0.4 is 5.73 Å². The van der Waals surface area contributed by atoms with Crippen LogP contribution in [0.4, 0.5) is 4.39 Å². The van der Waals surface area contributed by atoms with E-state index in [-0.39, 0.29) is 18.3 Å². The van der Waals surface area contributed by atoms with Crippen molar-refractivity contribution >= 4 is 24.0 Å². The summed E-state index contributed by atoms with van der Waals surface area (Å²) >= 11 is 5.66. The fourth-order valence-corrected chi connectivity index (χ4v) is 2.19. The summed E-state index contributed by atoms with van der Waals surface area (Å²) in [5.41, 5.74) is 6.20. The van der Waals surface area contributed by atoms with Crippen LogP contribution >= 0.6 is 24.0 Å². The molecule has 1 fully saturated rings. The van der Waals surface area contributed by atoms with Gasteiger partial charge in [-0.1, -0.05) is 24.1 Å². The molecule has 1 aromatic carbocycles. The van der Waals surface area contributed by atoms with Crippen LogP contribution in [0.2, 0.25) is 5.02 Å². The van der Waals surface area contributed by atoms with Crippen molar-refractivity contribution in [1.82, 2.24) is 0 Å². The number of halogens is 3. The third-order valence-corrected chi connectivity index (χ3v) is 3.56. The maximum atomic E-state index is 13.6. The van der Waals surface area contributed by atoms with Gasteiger partial charge >= 0.3 is 0 Å². The minimum atomic E-state index is -0.664. The van der Waals surface area contributed by atoms with Crippen LogP contribution in [-0.4, -0.2) is 11.2 Å². The second kappa shape index (κ2) is 6.01. The van der Waals surface area contributed by atoms with E-state index in [4.69, 9.17) is 17.3 Å². The van der Waals surface area contributed by atoms with E-state index in [1.165, 1.54) is 6.07 Å². The molecule has 1 aliphatic rings. The second-order valence-electron chi connectivity index (χ2n) is 4.37. The zero-order valence-corrected chi connectivity index (χ0v) is 10.8. The molecule has 2 atom stereocenters. The molecular formula is C12H16Cl2FNO. The molecule has 1 aromatic rings. The summed E-state index contributed by atoms with van der Waals surface area (Å²) in [6, 6.07) is 3.70. The Morgan fingerprint density at radius 2 is 2.06 bits per heavy atom. The molecule has 0 unspecified atom stereocenters. The van der Waals surface area contributed by atoms with Crippen molar-refractivity contribution in [2.75, 3.05) is 0 Å². The number of hydrogen-bond acceptors (Lipinski definition) is 2. The van der Waals surface area contributed by atoms with Gasteiger partial charge in [-0.2, -0.15) is 0 Å². The third-order valence-electron chi connectivity index (χ3n) is 3.32. The van der Waals surface area contributed by atoms with Gasteiger partial charge in [0.1, 0.15) is 5.82 Å². The molecule has 0 saturated heterocycles. The Morgan fingerprint density at radius 3 is 2.53 bits per heavy atom. The van der Waals surface area contributed by atoms with Crippen LogP contribution in [0.5, 0.6) is 0 Å². The maximum Gasteiger partial charge on any atom is 0.129 e. The van der Waals surface area contributed by atoms with Gasteiger partial charge in [0, 0.05) is 10.6 Å². The zero-order chi connectivity index (χ0) is 11.7. The van der Waals surface area contributed by atoms with Crippen molar-refractivity contribution in [2.24, 2.45) is 11.7 Å². The predicted molar refractivity (Wildman–Crippen MR) is 68.9 cm³/mol. The Morgan fingerprint density at radius 1 is 1.41 bits per heavy atom. The first-order valence-electron chi connectivity index (χ1n) is 5.48. The molecule has 0 radical (unpaired) electrons. The standard InChI is InChI=1S/C12H15ClFNO.ClH/c13-8-4-5-9(10(14)6-8)11(15)12(16)7-2-1-3-7;/h4-7,11-12,16H,1-3,15H2;1H/t11-,12+;/m1./s1. The number of nitrogens with two attached hydrogens (primary N) is 1. The van der Waals surface area contributed by atoms with Crippen molar-refractivity contribution in [3.63, 3.8) is 0 Å². The number of aliphatic hydroxyl groups excluding tert-OH is 1. The lowest BCUT2D eigenvalue weighted by atomic mass is 9.77. The Kier molecular flexibility index (Phi) is 5.20. The second-order valence-corrected chi connectivity index (χ2v) is 4.81. The maximum absolute atomic E-state index is 13.6. The molecule has 0 amide bonds. The largest absolute Gasteiger partial charge is 0.391 e. The highest BCUT2D eigenvalue weighted by Gasteiger charge is 2.31. The van der Waals surface area contributed by atoms with Gasteiger partial charge in [-0.05, 0) is 30.9 Å². The molecule has 3 N–H and O–H groups in total. The Hall–Kier alpha value is -0.350. The highest BCUT2D eigenvalue weighted by atomic mass is 35.5. The van der Waals surface area contributed by atoms with Gasteiger partial charge in [-0.15, -0.1) is 12.4 Å². The van der Waals surface area contributed by atoms with Crippen molar-refractivity contribution in [1.29, 1.82) is 0 Å². The fraction of sp³-hybridized carbons (Fsp3) is 0.500. The van der Waals surface area contributed by atoms with E-state index in [2.05, 4.69) is 0 Å². The topological polar surface area (TPSA) is 46.2 Å². The molecule has 0 aromatic heterocycles. The van der Waals surface area contributed by atoms with E-state index in [0.717, 1.165) is 19.3 Å². The normalized spacial score (nSPS) is 19.1. The Labute approximate surface area is 111 Å². The molecule has 96 valence electrons. The first-order valence-corrected chi connectivity index (χ1v) is 5.86. The third kappa shape index (κ3) is 3.10. The summed E-state index contributed by atoms with van der Waals surface area (Å²) in [4.78, 5) is 0. The van der Waals surface area contributed by atoms with E-state index in [1.807, 2.05) is 0 Å². The summed E-state index contributed by atoms with van der Waals surface area (Å²) in [5, 5.41) is 10.3. The lowest BCUT2D eigenvalue weighted by Gasteiger charge is -2.33. The molecule has 17 heavy (non-hydrogen) atoms. The van der Waals surface area contributed by atoms with Crippen molar-refractivity contribution in [3.05, 3.63) is 34.6 Å². The molecule has 1 aliphatic carbocycles. The number of hydrogen-bond donors (Lipinski definition) is 2. The molecule has 1 saturated carbocycles. The van der Waals surface area contributed by atoms with Crippen LogP contribution in [-0.2, 0) is 0 Å². The molecule has 5 heteroatoms. The zero-order valence-electron chi connectivity index (χ0n) is 9.27. The first-order chi connectivity index (χ1) is 7.59. The molecule has 0 aliphatic heterocycles. The van der Waals surface area contributed by atoms with Crippen LogP contribution in [0, 0.1) is 11.7 Å². The summed E-state index contributed by atoms with van der Waals surface area (Å²) in [6.07, 6.45) is 2.41. The summed E-state index contributed by atoms with van der Waals surface area (Å²) in [7, 11) is 0. The average Bonchev–Trinajstić information content (AvgIpc) is 2.14. The van der Waals surface area contributed by atoms with Gasteiger partial charge in [0.05, 0.1) is 12.1 Å². The van der Waals surface area contributed by atoms with E-state index < -0.39 is 18.0 Å². The monoisotopic (exact) mass is 279 g/mol. The number of rotatable bonds is 3. The Balaban J connectivity index is 0.00000144. The van der Waals surface area contributed by atoms with Gasteiger partial charge < -0.3 is 10.8 Å². The van der Waals surface area contributed by atoms with Gasteiger partial charge in [0.25, 0.3) is 0 Å². The summed E-state index contributed by atoms with van der Waals surface area (Å²) in [5.74, 6) is -0.233. The molecule has 0 heterocycles. The van der Waals surface area contributed by atoms with Gasteiger partial charge in [0.2, 0.25) is 0 Å². The predicted octanol–water partition coefficient (Wildman–Crippen LogP) is 3.06. The fourth-order valence-electron chi connectivity index (χ4n) is 2.03. The van der Waals surface area contributed by atoms with Crippen LogP contribution in [0.1, 0.15) is 30.9 Å². The van der Waals surface area contributed by atoms with E-state index in [0.29, 0.717) is 10.6 Å². The first kappa shape index (κ1) is 14.7. The van der Waals surface area contributed by atoms with Crippen molar-refractivity contribution in [3.8, 4) is 0 Å². The molecule has 0 bridgehead atoms. The highest BCUT2D eigenvalue weighted by Crippen LogP contribution is 2.35. The van der Waals surface area contributed by atoms with Crippen molar-refractivity contribution < 1.29 is 9.50 Å². The smallest absolute Gasteiger partial charge is 0.129 e. The molecular weight excluding hydrogens is 264 g/mol. The van der Waals surface area contributed by atoms with Crippen molar-refractivity contribution in [2.45, 2.75) is 31.4 Å². The summed E-state index contributed by atoms with van der Waals surface area (Å²) < 4.78 is 13.6. The van der Waals surface area contributed by atoms with Gasteiger partial charge in [0.15, 0.2) is 0 Å². The minimum absolute atomic E-state index is 0.